The molecule has 0 aromatic carbocycles. The van der Waals surface area contributed by atoms with Crippen molar-refractivity contribution in [2.45, 2.75) is 33.4 Å². The van der Waals surface area contributed by atoms with E-state index in [1.54, 1.807) is 13.8 Å². The molecular formula is C7H16FO2P. The van der Waals surface area contributed by atoms with Gasteiger partial charge in [0.25, 0.3) is 0 Å². The Balaban J connectivity index is 3.84. The highest BCUT2D eigenvalue weighted by Crippen LogP contribution is 2.53. The summed E-state index contributed by atoms with van der Waals surface area (Å²) in [5, 5.41) is 0. The van der Waals surface area contributed by atoms with Gasteiger partial charge in [0.15, 0.2) is 0 Å². The molecule has 11 heavy (non-hydrogen) atoms. The third kappa shape index (κ3) is 4.54. The van der Waals surface area contributed by atoms with Gasteiger partial charge in [0.2, 0.25) is 0 Å². The fourth-order valence-electron chi connectivity index (χ4n) is 0.400. The summed E-state index contributed by atoms with van der Waals surface area (Å²) in [7, 11) is -3.82. The van der Waals surface area contributed by atoms with Gasteiger partial charge in [0.05, 0.1) is 12.3 Å². The highest BCUT2D eigenvalue weighted by atomic mass is 31.2. The van der Waals surface area contributed by atoms with E-state index in [9.17, 15) is 8.76 Å². The average Bonchev–Trinajstić information content (AvgIpc) is 1.84. The largest absolute Gasteiger partial charge is 0.369 e. The number of halogens is 1. The molecule has 0 aliphatic heterocycles. The van der Waals surface area contributed by atoms with Gasteiger partial charge in [-0.1, -0.05) is 27.7 Å². The number of rotatable bonds is 4. The predicted octanol–water partition coefficient (Wildman–Crippen LogP) is 3.23. The van der Waals surface area contributed by atoms with E-state index in [4.69, 9.17) is 0 Å². The fourth-order valence-corrected chi connectivity index (χ4v) is 1.20. The average molecular weight is 182 g/mol. The van der Waals surface area contributed by atoms with E-state index in [0.717, 1.165) is 0 Å². The van der Waals surface area contributed by atoms with Crippen LogP contribution in [0.15, 0.2) is 0 Å². The molecule has 0 heterocycles. The first-order chi connectivity index (χ1) is 4.86. The molecule has 2 nitrogen and oxygen atoms in total. The van der Waals surface area contributed by atoms with Crippen molar-refractivity contribution in [3.8, 4) is 0 Å². The van der Waals surface area contributed by atoms with E-state index in [0.29, 0.717) is 0 Å². The molecular weight excluding hydrogens is 166 g/mol. The van der Waals surface area contributed by atoms with Crippen molar-refractivity contribution >= 4 is 7.68 Å². The van der Waals surface area contributed by atoms with E-state index in [1.807, 2.05) is 13.8 Å². The van der Waals surface area contributed by atoms with E-state index in [1.165, 1.54) is 0 Å². The quantitative estimate of drug-likeness (QED) is 0.624. The molecule has 0 saturated carbocycles. The van der Waals surface area contributed by atoms with Gasteiger partial charge in [-0.05, 0) is 5.92 Å². The Morgan fingerprint density at radius 3 is 2.09 bits per heavy atom. The van der Waals surface area contributed by atoms with Crippen LogP contribution in [0.2, 0.25) is 0 Å². The molecule has 0 aromatic rings. The third-order valence-electron chi connectivity index (χ3n) is 1.20. The summed E-state index contributed by atoms with van der Waals surface area (Å²) in [6.07, 6.45) is 0. The zero-order chi connectivity index (χ0) is 9.07. The smallest absolute Gasteiger partial charge is 0.305 e. The van der Waals surface area contributed by atoms with Crippen LogP contribution in [-0.4, -0.2) is 12.3 Å². The SMILES string of the molecule is CC(C)COP(=O)(F)C(C)C. The lowest BCUT2D eigenvalue weighted by molar-refractivity contribution is 0.246. The van der Waals surface area contributed by atoms with E-state index < -0.39 is 13.3 Å². The van der Waals surface area contributed by atoms with Crippen molar-refractivity contribution in [3.63, 3.8) is 0 Å². The molecule has 0 aromatic heterocycles. The van der Waals surface area contributed by atoms with Gasteiger partial charge in [-0.25, -0.2) is 0 Å². The van der Waals surface area contributed by atoms with Crippen molar-refractivity contribution in [1.82, 2.24) is 0 Å². The standard InChI is InChI=1S/C7H16FO2P/c1-6(2)5-10-11(8,9)7(3)4/h6-7H,5H2,1-4H3. The molecule has 0 radical (unpaired) electrons. The maximum atomic E-state index is 12.9. The number of hydrogen-bond acceptors (Lipinski definition) is 2. The van der Waals surface area contributed by atoms with Gasteiger partial charge in [-0.2, -0.15) is 4.20 Å². The Bertz CT molecular complexity index is 157. The van der Waals surface area contributed by atoms with Crippen LogP contribution in [0.25, 0.3) is 0 Å². The summed E-state index contributed by atoms with van der Waals surface area (Å²) in [6, 6.07) is 0. The highest BCUT2D eigenvalue weighted by molar-refractivity contribution is 7.54. The molecule has 1 atom stereocenters. The fraction of sp³-hybridized carbons (Fsp3) is 1.00. The molecule has 4 heteroatoms. The Morgan fingerprint density at radius 1 is 1.36 bits per heavy atom. The van der Waals surface area contributed by atoms with Crippen LogP contribution in [-0.2, 0) is 9.09 Å². The zero-order valence-electron chi connectivity index (χ0n) is 7.50. The normalized spacial score (nSPS) is 17.4. The Hall–Kier alpha value is 0.120. The van der Waals surface area contributed by atoms with Gasteiger partial charge in [0, 0.05) is 0 Å². The minimum atomic E-state index is -3.82. The van der Waals surface area contributed by atoms with Crippen molar-refractivity contribution in [2.75, 3.05) is 6.61 Å². The molecule has 0 N–H and O–H groups in total. The molecule has 0 spiro atoms. The summed E-state index contributed by atoms with van der Waals surface area (Å²) in [5.74, 6) is 0.220. The highest BCUT2D eigenvalue weighted by Gasteiger charge is 2.26. The lowest BCUT2D eigenvalue weighted by Crippen LogP contribution is -2.03. The van der Waals surface area contributed by atoms with Gasteiger partial charge in [0.1, 0.15) is 0 Å². The summed E-state index contributed by atoms with van der Waals surface area (Å²) in [4.78, 5) is 0. The van der Waals surface area contributed by atoms with Crippen molar-refractivity contribution in [1.29, 1.82) is 0 Å². The molecule has 0 rings (SSSR count). The Labute approximate surface area is 67.7 Å². The van der Waals surface area contributed by atoms with Crippen LogP contribution in [0.4, 0.5) is 4.20 Å². The Kier molecular flexibility index (Phi) is 4.27. The first-order valence-corrected chi connectivity index (χ1v) is 5.38. The summed E-state index contributed by atoms with van der Waals surface area (Å²) in [5.41, 5.74) is -0.527. The number of hydrogen-bond donors (Lipinski definition) is 0. The van der Waals surface area contributed by atoms with Crippen LogP contribution < -0.4 is 0 Å². The maximum absolute atomic E-state index is 12.9. The molecule has 0 aliphatic rings. The summed E-state index contributed by atoms with van der Waals surface area (Å²) in [6.45, 7) is 7.12. The van der Waals surface area contributed by atoms with Gasteiger partial charge < -0.3 is 4.52 Å². The first-order valence-electron chi connectivity index (χ1n) is 3.80. The van der Waals surface area contributed by atoms with Crippen LogP contribution in [0.5, 0.6) is 0 Å². The zero-order valence-corrected chi connectivity index (χ0v) is 8.40. The van der Waals surface area contributed by atoms with Crippen LogP contribution in [0.3, 0.4) is 0 Å². The topological polar surface area (TPSA) is 26.3 Å². The lowest BCUT2D eigenvalue weighted by atomic mass is 10.2. The monoisotopic (exact) mass is 182 g/mol. The van der Waals surface area contributed by atoms with Crippen LogP contribution >= 0.6 is 7.68 Å². The molecule has 0 amide bonds. The maximum Gasteiger partial charge on any atom is 0.369 e. The minimum absolute atomic E-state index is 0.220. The lowest BCUT2D eigenvalue weighted by Gasteiger charge is -2.14. The molecule has 0 saturated heterocycles. The molecule has 1 unspecified atom stereocenters. The second-order valence-electron chi connectivity index (χ2n) is 3.30. The van der Waals surface area contributed by atoms with Crippen molar-refractivity contribution in [2.24, 2.45) is 5.92 Å². The third-order valence-corrected chi connectivity index (χ3v) is 2.94. The predicted molar refractivity (Wildman–Crippen MR) is 44.6 cm³/mol. The molecule has 0 fully saturated rings. The second kappa shape index (κ2) is 4.22. The van der Waals surface area contributed by atoms with Crippen molar-refractivity contribution in [3.05, 3.63) is 0 Å². The molecule has 68 valence electrons. The van der Waals surface area contributed by atoms with Gasteiger partial charge in [-0.3, -0.25) is 4.57 Å². The molecule has 0 aliphatic carbocycles. The van der Waals surface area contributed by atoms with Gasteiger partial charge >= 0.3 is 7.68 Å². The van der Waals surface area contributed by atoms with Crippen molar-refractivity contribution < 1.29 is 13.3 Å². The first kappa shape index (κ1) is 11.1. The van der Waals surface area contributed by atoms with Crippen LogP contribution in [0, 0.1) is 5.92 Å². The van der Waals surface area contributed by atoms with E-state index in [2.05, 4.69) is 4.52 Å². The summed E-state index contributed by atoms with van der Waals surface area (Å²) < 4.78 is 28.5. The minimum Gasteiger partial charge on any atom is -0.305 e. The van der Waals surface area contributed by atoms with E-state index in [-0.39, 0.29) is 12.5 Å². The van der Waals surface area contributed by atoms with Gasteiger partial charge in [-0.15, -0.1) is 0 Å². The second-order valence-corrected chi connectivity index (χ2v) is 5.64. The summed E-state index contributed by atoms with van der Waals surface area (Å²) >= 11 is 0. The van der Waals surface area contributed by atoms with E-state index >= 15 is 0 Å². The Morgan fingerprint density at radius 2 is 1.82 bits per heavy atom. The van der Waals surface area contributed by atoms with Crippen LogP contribution in [0.1, 0.15) is 27.7 Å². The molecule has 0 bridgehead atoms.